The molecule has 2 aliphatic heterocycles. The maximum atomic E-state index is 12.4. The number of amides is 1. The van der Waals surface area contributed by atoms with Crippen LogP contribution in [0.15, 0.2) is 24.3 Å². The largest absolute Gasteiger partial charge is 0.349 e. The molecule has 2 saturated heterocycles. The first kappa shape index (κ1) is 13.3. The molecule has 3 atom stereocenters. The smallest absolute Gasteiger partial charge is 0.220 e. The van der Waals surface area contributed by atoms with Gasteiger partial charge in [-0.1, -0.05) is 24.3 Å². The zero-order valence-corrected chi connectivity index (χ0v) is 12.5. The molecule has 2 bridgehead atoms. The van der Waals surface area contributed by atoms with Gasteiger partial charge < -0.3 is 10.6 Å². The number of fused-ring (bicyclic) bond motifs is 3. The number of rotatable bonds is 3. The minimum absolute atomic E-state index is 0.243. The van der Waals surface area contributed by atoms with E-state index in [9.17, 15) is 4.79 Å². The van der Waals surface area contributed by atoms with Crippen molar-refractivity contribution in [2.24, 2.45) is 5.92 Å². The second-order valence-corrected chi connectivity index (χ2v) is 7.04. The molecule has 3 nitrogen and oxygen atoms in total. The fourth-order valence-corrected chi connectivity index (χ4v) is 4.56. The molecular formula is C18H24N2O. The van der Waals surface area contributed by atoms with Gasteiger partial charge >= 0.3 is 0 Å². The monoisotopic (exact) mass is 284 g/mol. The van der Waals surface area contributed by atoms with E-state index in [1.54, 1.807) is 0 Å². The SMILES string of the molecule is O=C(CC1CC2CCC(C1)N2)NC1CCc2ccccc21. The Morgan fingerprint density at radius 3 is 2.71 bits per heavy atom. The van der Waals surface area contributed by atoms with Crippen molar-refractivity contribution < 1.29 is 4.79 Å². The lowest BCUT2D eigenvalue weighted by Gasteiger charge is -2.29. The van der Waals surface area contributed by atoms with Crippen LogP contribution < -0.4 is 10.6 Å². The van der Waals surface area contributed by atoms with Crippen molar-refractivity contribution in [2.75, 3.05) is 0 Å². The average molecular weight is 284 g/mol. The molecule has 0 saturated carbocycles. The van der Waals surface area contributed by atoms with Gasteiger partial charge in [-0.05, 0) is 55.6 Å². The van der Waals surface area contributed by atoms with Crippen LogP contribution in [0.4, 0.5) is 0 Å². The summed E-state index contributed by atoms with van der Waals surface area (Å²) in [6.45, 7) is 0. The highest BCUT2D eigenvalue weighted by atomic mass is 16.1. The number of nitrogens with one attached hydrogen (secondary N) is 2. The lowest BCUT2D eigenvalue weighted by molar-refractivity contribution is -0.123. The zero-order valence-electron chi connectivity index (χ0n) is 12.5. The van der Waals surface area contributed by atoms with E-state index in [0.29, 0.717) is 24.4 Å². The first-order valence-electron chi connectivity index (χ1n) is 8.41. The third-order valence-electron chi connectivity index (χ3n) is 5.51. The van der Waals surface area contributed by atoms with Crippen LogP contribution in [0, 0.1) is 5.92 Å². The Labute approximate surface area is 126 Å². The molecule has 2 fully saturated rings. The van der Waals surface area contributed by atoms with Gasteiger partial charge in [0, 0.05) is 18.5 Å². The van der Waals surface area contributed by atoms with E-state index in [0.717, 1.165) is 12.8 Å². The Balaban J connectivity index is 1.34. The summed E-state index contributed by atoms with van der Waals surface area (Å²) in [7, 11) is 0. The molecule has 0 radical (unpaired) electrons. The highest BCUT2D eigenvalue weighted by Gasteiger charge is 2.34. The summed E-state index contributed by atoms with van der Waals surface area (Å²) in [4.78, 5) is 12.4. The number of carbonyl (C=O) groups is 1. The number of hydrogen-bond acceptors (Lipinski definition) is 2. The van der Waals surface area contributed by atoms with Crippen molar-refractivity contribution in [3.8, 4) is 0 Å². The Bertz CT molecular complexity index is 530. The number of benzene rings is 1. The quantitative estimate of drug-likeness (QED) is 0.896. The second kappa shape index (κ2) is 5.45. The van der Waals surface area contributed by atoms with Gasteiger partial charge in [0.15, 0.2) is 0 Å². The summed E-state index contributed by atoms with van der Waals surface area (Å²) in [5, 5.41) is 6.92. The molecule has 3 heteroatoms. The van der Waals surface area contributed by atoms with Crippen LogP contribution in [0.25, 0.3) is 0 Å². The molecule has 2 N–H and O–H groups in total. The topological polar surface area (TPSA) is 41.1 Å². The molecule has 0 aromatic heterocycles. The van der Waals surface area contributed by atoms with Gasteiger partial charge in [-0.3, -0.25) is 4.79 Å². The Hall–Kier alpha value is -1.35. The number of hydrogen-bond donors (Lipinski definition) is 2. The molecular weight excluding hydrogens is 260 g/mol. The predicted octanol–water partition coefficient (Wildman–Crippen LogP) is 2.71. The number of carbonyl (C=O) groups excluding carboxylic acids is 1. The second-order valence-electron chi connectivity index (χ2n) is 7.04. The first-order valence-corrected chi connectivity index (χ1v) is 8.41. The zero-order chi connectivity index (χ0) is 14.2. The van der Waals surface area contributed by atoms with Crippen LogP contribution in [0.1, 0.15) is 55.7 Å². The van der Waals surface area contributed by atoms with Crippen molar-refractivity contribution in [3.63, 3.8) is 0 Å². The molecule has 112 valence electrons. The van der Waals surface area contributed by atoms with E-state index in [1.165, 1.54) is 36.8 Å². The van der Waals surface area contributed by atoms with E-state index < -0.39 is 0 Å². The molecule has 1 amide bonds. The van der Waals surface area contributed by atoms with Crippen LogP contribution in [-0.2, 0) is 11.2 Å². The minimum Gasteiger partial charge on any atom is -0.349 e. The molecule has 21 heavy (non-hydrogen) atoms. The summed E-state index contributed by atoms with van der Waals surface area (Å²) in [6.07, 6.45) is 7.85. The molecule has 3 unspecified atom stereocenters. The van der Waals surface area contributed by atoms with Gasteiger partial charge in [0.1, 0.15) is 0 Å². The molecule has 1 aromatic carbocycles. The summed E-state index contributed by atoms with van der Waals surface area (Å²) < 4.78 is 0. The molecule has 2 heterocycles. The lowest BCUT2D eigenvalue weighted by Crippen LogP contribution is -2.40. The third kappa shape index (κ3) is 2.71. The van der Waals surface area contributed by atoms with Gasteiger partial charge in [-0.25, -0.2) is 0 Å². The first-order chi connectivity index (χ1) is 10.3. The van der Waals surface area contributed by atoms with Crippen LogP contribution in [-0.4, -0.2) is 18.0 Å². The van der Waals surface area contributed by atoms with Crippen molar-refractivity contribution in [1.82, 2.24) is 10.6 Å². The minimum atomic E-state index is 0.243. The number of aryl methyl sites for hydroxylation is 1. The predicted molar refractivity (Wildman–Crippen MR) is 82.9 cm³/mol. The highest BCUT2D eigenvalue weighted by Crippen LogP contribution is 2.34. The van der Waals surface area contributed by atoms with Crippen molar-refractivity contribution in [3.05, 3.63) is 35.4 Å². The Kier molecular flexibility index (Phi) is 3.46. The van der Waals surface area contributed by atoms with Crippen molar-refractivity contribution in [1.29, 1.82) is 0 Å². The van der Waals surface area contributed by atoms with Gasteiger partial charge in [0.05, 0.1) is 6.04 Å². The van der Waals surface area contributed by atoms with Crippen molar-refractivity contribution >= 4 is 5.91 Å². The standard InChI is InChI=1S/C18H24N2O/c21-18(11-12-9-14-6-7-15(10-12)19-14)20-17-8-5-13-3-1-2-4-16(13)17/h1-4,12,14-15,17,19H,5-11H2,(H,20,21). The fraction of sp³-hybridized carbons (Fsp3) is 0.611. The van der Waals surface area contributed by atoms with Crippen molar-refractivity contribution in [2.45, 2.75) is 63.1 Å². The van der Waals surface area contributed by atoms with E-state index in [-0.39, 0.29) is 11.9 Å². The molecule has 3 aliphatic rings. The van der Waals surface area contributed by atoms with E-state index in [1.807, 2.05) is 0 Å². The summed E-state index contributed by atoms with van der Waals surface area (Å²) in [5.41, 5.74) is 2.74. The Morgan fingerprint density at radius 1 is 1.14 bits per heavy atom. The maximum absolute atomic E-state index is 12.4. The summed E-state index contributed by atoms with van der Waals surface area (Å²) in [6, 6.07) is 10.1. The van der Waals surface area contributed by atoms with Crippen LogP contribution in [0.3, 0.4) is 0 Å². The molecule has 1 aliphatic carbocycles. The van der Waals surface area contributed by atoms with Crippen LogP contribution >= 0.6 is 0 Å². The Morgan fingerprint density at radius 2 is 1.90 bits per heavy atom. The highest BCUT2D eigenvalue weighted by molar-refractivity contribution is 5.77. The van der Waals surface area contributed by atoms with E-state index in [4.69, 9.17) is 0 Å². The normalized spacial score (nSPS) is 33.7. The lowest BCUT2D eigenvalue weighted by atomic mass is 9.89. The summed E-state index contributed by atoms with van der Waals surface area (Å²) >= 11 is 0. The number of piperidine rings is 1. The van der Waals surface area contributed by atoms with E-state index in [2.05, 4.69) is 34.9 Å². The summed E-state index contributed by atoms with van der Waals surface area (Å²) in [5.74, 6) is 0.836. The molecule has 4 rings (SSSR count). The van der Waals surface area contributed by atoms with E-state index >= 15 is 0 Å². The van der Waals surface area contributed by atoms with Crippen LogP contribution in [0.2, 0.25) is 0 Å². The van der Waals surface area contributed by atoms with Gasteiger partial charge in [0.25, 0.3) is 0 Å². The third-order valence-corrected chi connectivity index (χ3v) is 5.51. The molecule has 1 aromatic rings. The molecule has 0 spiro atoms. The van der Waals surface area contributed by atoms with Gasteiger partial charge in [-0.2, -0.15) is 0 Å². The maximum Gasteiger partial charge on any atom is 0.220 e. The fourth-order valence-electron chi connectivity index (χ4n) is 4.56. The van der Waals surface area contributed by atoms with Gasteiger partial charge in [-0.15, -0.1) is 0 Å². The van der Waals surface area contributed by atoms with Gasteiger partial charge in [0.2, 0.25) is 5.91 Å². The average Bonchev–Trinajstić information content (AvgIpc) is 3.03. The van der Waals surface area contributed by atoms with Crippen LogP contribution in [0.5, 0.6) is 0 Å².